The first-order chi connectivity index (χ1) is 8.27. The Morgan fingerprint density at radius 3 is 2.61 bits per heavy atom. The maximum Gasteiger partial charge on any atom is 0.321 e. The zero-order valence-corrected chi connectivity index (χ0v) is 12.4. The molecule has 100 valence electrons. The van der Waals surface area contributed by atoms with E-state index in [0.717, 1.165) is 0 Å². The van der Waals surface area contributed by atoms with Gasteiger partial charge in [-0.05, 0) is 31.0 Å². The van der Waals surface area contributed by atoms with Crippen molar-refractivity contribution >= 4 is 31.9 Å². The molecule has 1 rings (SSSR count). The highest BCUT2D eigenvalue weighted by Gasteiger charge is 2.25. The Morgan fingerprint density at radius 1 is 1.50 bits per heavy atom. The van der Waals surface area contributed by atoms with Crippen molar-refractivity contribution in [1.29, 1.82) is 0 Å². The molecule has 0 aromatic heterocycles. The van der Waals surface area contributed by atoms with Crippen LogP contribution >= 0.6 is 15.9 Å². The van der Waals surface area contributed by atoms with Gasteiger partial charge in [-0.2, -0.15) is 4.72 Å². The van der Waals surface area contributed by atoms with Gasteiger partial charge in [0, 0.05) is 4.47 Å². The molecule has 0 saturated carbocycles. The number of carboxylic acid groups (broad SMARTS) is 1. The monoisotopic (exact) mass is 335 g/mol. The van der Waals surface area contributed by atoms with E-state index in [9.17, 15) is 13.2 Å². The number of aryl methyl sites for hydroxylation is 1. The van der Waals surface area contributed by atoms with Crippen molar-refractivity contribution < 1.29 is 18.3 Å². The Labute approximate surface area is 114 Å². The summed E-state index contributed by atoms with van der Waals surface area (Å²) in [7, 11) is -3.83. The molecule has 1 aromatic rings. The summed E-state index contributed by atoms with van der Waals surface area (Å²) in [6.07, 6.45) is 0.182. The summed E-state index contributed by atoms with van der Waals surface area (Å²) in [5, 5.41) is 8.87. The highest BCUT2D eigenvalue weighted by atomic mass is 79.9. The van der Waals surface area contributed by atoms with Crippen LogP contribution in [0.25, 0.3) is 0 Å². The lowest BCUT2D eigenvalue weighted by molar-refractivity contribution is -0.139. The molecule has 2 N–H and O–H groups in total. The number of halogens is 1. The molecule has 0 radical (unpaired) electrons. The van der Waals surface area contributed by atoms with Crippen molar-refractivity contribution in [2.75, 3.05) is 0 Å². The first-order valence-electron chi connectivity index (χ1n) is 5.29. The number of sulfonamides is 1. The normalized spacial score (nSPS) is 13.3. The molecule has 0 heterocycles. The molecule has 0 amide bonds. The van der Waals surface area contributed by atoms with Crippen molar-refractivity contribution in [1.82, 2.24) is 4.72 Å². The van der Waals surface area contributed by atoms with Gasteiger partial charge in [0.25, 0.3) is 0 Å². The van der Waals surface area contributed by atoms with E-state index in [2.05, 4.69) is 20.7 Å². The van der Waals surface area contributed by atoms with Crippen LogP contribution in [0.2, 0.25) is 0 Å². The molecule has 18 heavy (non-hydrogen) atoms. The fourth-order valence-corrected chi connectivity index (χ4v) is 3.48. The van der Waals surface area contributed by atoms with Gasteiger partial charge in [0.2, 0.25) is 10.0 Å². The van der Waals surface area contributed by atoms with E-state index in [0.29, 0.717) is 10.0 Å². The van der Waals surface area contributed by atoms with Crippen molar-refractivity contribution in [2.45, 2.75) is 31.2 Å². The Balaban J connectivity index is 3.14. The first-order valence-corrected chi connectivity index (χ1v) is 7.57. The Morgan fingerprint density at radius 2 is 2.11 bits per heavy atom. The van der Waals surface area contributed by atoms with Crippen molar-refractivity contribution in [3.63, 3.8) is 0 Å². The van der Waals surface area contributed by atoms with Crippen LogP contribution < -0.4 is 4.72 Å². The molecule has 0 aliphatic carbocycles. The zero-order chi connectivity index (χ0) is 13.9. The summed E-state index contributed by atoms with van der Waals surface area (Å²) in [5.41, 5.74) is 0.561. The average Bonchev–Trinajstić information content (AvgIpc) is 2.28. The molecule has 0 fully saturated rings. The van der Waals surface area contributed by atoms with E-state index in [1.54, 1.807) is 26.0 Å². The largest absolute Gasteiger partial charge is 0.480 e. The van der Waals surface area contributed by atoms with Gasteiger partial charge < -0.3 is 5.11 Å². The summed E-state index contributed by atoms with van der Waals surface area (Å²) in [4.78, 5) is 10.9. The summed E-state index contributed by atoms with van der Waals surface area (Å²) >= 11 is 3.19. The molecule has 0 bridgehead atoms. The van der Waals surface area contributed by atoms with Gasteiger partial charge >= 0.3 is 5.97 Å². The first kappa shape index (κ1) is 15.1. The topological polar surface area (TPSA) is 83.5 Å². The Kier molecular flexibility index (Phi) is 4.89. The van der Waals surface area contributed by atoms with Crippen LogP contribution in [0.15, 0.2) is 27.6 Å². The lowest BCUT2D eigenvalue weighted by Crippen LogP contribution is -2.40. The average molecular weight is 336 g/mol. The van der Waals surface area contributed by atoms with Gasteiger partial charge in [0.15, 0.2) is 0 Å². The fraction of sp³-hybridized carbons (Fsp3) is 0.364. The van der Waals surface area contributed by atoms with Crippen molar-refractivity contribution in [3.05, 3.63) is 28.2 Å². The fourth-order valence-electron chi connectivity index (χ4n) is 1.42. The zero-order valence-electron chi connectivity index (χ0n) is 9.97. The standard InChI is InChI=1S/C11H14BrNO4S/c1-3-9(11(14)15)13-18(16,17)10-6-8(12)5-4-7(10)2/h4-6,9,13H,3H2,1-2H3,(H,14,15)/t9-/m0/s1. The van der Waals surface area contributed by atoms with Gasteiger partial charge in [0.05, 0.1) is 4.90 Å². The molecule has 7 heteroatoms. The van der Waals surface area contributed by atoms with E-state index < -0.39 is 22.0 Å². The van der Waals surface area contributed by atoms with Gasteiger partial charge in [-0.3, -0.25) is 4.79 Å². The van der Waals surface area contributed by atoms with Crippen LogP contribution in [0.5, 0.6) is 0 Å². The third kappa shape index (κ3) is 3.54. The highest BCUT2D eigenvalue weighted by molar-refractivity contribution is 9.10. The minimum absolute atomic E-state index is 0.0802. The predicted octanol–water partition coefficient (Wildman–Crippen LogP) is 1.90. The summed E-state index contributed by atoms with van der Waals surface area (Å²) in [6.45, 7) is 3.26. The maximum atomic E-state index is 12.1. The van der Waals surface area contributed by atoms with Gasteiger partial charge in [0.1, 0.15) is 6.04 Å². The molecule has 0 aliphatic rings. The molecule has 0 unspecified atom stereocenters. The minimum Gasteiger partial charge on any atom is -0.480 e. The maximum absolute atomic E-state index is 12.1. The second-order valence-electron chi connectivity index (χ2n) is 3.83. The Bertz CT molecular complexity index is 556. The van der Waals surface area contributed by atoms with Crippen LogP contribution in [-0.4, -0.2) is 25.5 Å². The number of hydrogen-bond donors (Lipinski definition) is 2. The SMILES string of the molecule is CC[C@H](NS(=O)(=O)c1cc(Br)ccc1C)C(=O)O. The van der Waals surface area contributed by atoms with Crippen LogP contribution in [0.1, 0.15) is 18.9 Å². The smallest absolute Gasteiger partial charge is 0.321 e. The van der Waals surface area contributed by atoms with Crippen LogP contribution in [0.3, 0.4) is 0 Å². The number of rotatable bonds is 5. The number of aliphatic carboxylic acids is 1. The van der Waals surface area contributed by atoms with E-state index >= 15 is 0 Å². The lowest BCUT2D eigenvalue weighted by Gasteiger charge is -2.14. The molecule has 5 nitrogen and oxygen atoms in total. The number of nitrogens with one attached hydrogen (secondary N) is 1. The Hall–Kier alpha value is -0.920. The van der Waals surface area contributed by atoms with Crippen LogP contribution in [0.4, 0.5) is 0 Å². The summed E-state index contributed by atoms with van der Waals surface area (Å²) in [6, 6.07) is 3.71. The molecular weight excluding hydrogens is 322 g/mol. The third-order valence-corrected chi connectivity index (χ3v) is 4.55. The molecule has 0 aliphatic heterocycles. The van der Waals surface area contributed by atoms with Crippen molar-refractivity contribution in [3.8, 4) is 0 Å². The van der Waals surface area contributed by atoms with E-state index in [1.165, 1.54) is 6.07 Å². The number of benzene rings is 1. The molecule has 1 aromatic carbocycles. The highest BCUT2D eigenvalue weighted by Crippen LogP contribution is 2.20. The van der Waals surface area contributed by atoms with E-state index in [4.69, 9.17) is 5.11 Å². The summed E-state index contributed by atoms with van der Waals surface area (Å²) in [5.74, 6) is -1.19. The summed E-state index contributed by atoms with van der Waals surface area (Å²) < 4.78 is 27.0. The number of hydrogen-bond acceptors (Lipinski definition) is 3. The van der Waals surface area contributed by atoms with E-state index in [-0.39, 0.29) is 11.3 Å². The molecular formula is C11H14BrNO4S. The van der Waals surface area contributed by atoms with Crippen molar-refractivity contribution in [2.24, 2.45) is 0 Å². The van der Waals surface area contributed by atoms with Crippen LogP contribution in [0, 0.1) is 6.92 Å². The molecule has 0 spiro atoms. The number of carboxylic acids is 1. The minimum atomic E-state index is -3.83. The van der Waals surface area contributed by atoms with Gasteiger partial charge in [-0.15, -0.1) is 0 Å². The predicted molar refractivity (Wildman–Crippen MR) is 70.9 cm³/mol. The molecule has 0 saturated heterocycles. The van der Waals surface area contributed by atoms with Gasteiger partial charge in [-0.1, -0.05) is 28.9 Å². The van der Waals surface area contributed by atoms with Crippen LogP contribution in [-0.2, 0) is 14.8 Å². The van der Waals surface area contributed by atoms with Gasteiger partial charge in [-0.25, -0.2) is 8.42 Å². The second kappa shape index (κ2) is 5.81. The molecule has 1 atom stereocenters. The third-order valence-electron chi connectivity index (χ3n) is 2.44. The van der Waals surface area contributed by atoms with E-state index in [1.807, 2.05) is 0 Å². The second-order valence-corrected chi connectivity index (χ2v) is 6.43. The quantitative estimate of drug-likeness (QED) is 0.860. The lowest BCUT2D eigenvalue weighted by atomic mass is 10.2. The number of carbonyl (C=O) groups is 1.